The fraction of sp³-hybridized carbons (Fsp3) is 0.500. The fourth-order valence-corrected chi connectivity index (χ4v) is 5.29. The van der Waals surface area contributed by atoms with Crippen molar-refractivity contribution in [3.05, 3.63) is 47.4 Å². The molecule has 5 rings (SSSR count). The van der Waals surface area contributed by atoms with Crippen LogP contribution in [-0.4, -0.2) is 57.3 Å². The van der Waals surface area contributed by atoms with E-state index in [1.165, 1.54) is 31.2 Å². The molecule has 0 unspecified atom stereocenters. The van der Waals surface area contributed by atoms with E-state index in [0.29, 0.717) is 37.1 Å². The predicted octanol–water partition coefficient (Wildman–Crippen LogP) is 5.79. The second-order valence-corrected chi connectivity index (χ2v) is 10.7. The Morgan fingerprint density at radius 2 is 1.82 bits per heavy atom. The van der Waals surface area contributed by atoms with Gasteiger partial charge < -0.3 is 19.1 Å². The van der Waals surface area contributed by atoms with Crippen LogP contribution in [0, 0.1) is 0 Å². The Kier molecular flexibility index (Phi) is 6.15. The third kappa shape index (κ3) is 4.58. The number of carbonyl (C=O) groups excluding carboxylic acids is 1. The second-order valence-electron chi connectivity index (χ2n) is 10.3. The van der Waals surface area contributed by atoms with E-state index >= 15 is 0 Å². The van der Waals surface area contributed by atoms with Gasteiger partial charge in [-0.1, -0.05) is 30.5 Å². The summed E-state index contributed by atoms with van der Waals surface area (Å²) in [7, 11) is 0. The molecule has 3 heterocycles. The smallest absolute Gasteiger partial charge is 0.410 e. The lowest BCUT2D eigenvalue weighted by atomic mass is 9.98. The van der Waals surface area contributed by atoms with Gasteiger partial charge in [0.2, 0.25) is 0 Å². The largest absolute Gasteiger partial charge is 0.444 e. The summed E-state index contributed by atoms with van der Waals surface area (Å²) in [5.41, 5.74) is 2.73. The Hall–Kier alpha value is -2.80. The molecule has 0 bridgehead atoms. The highest BCUT2D eigenvalue weighted by Crippen LogP contribution is 2.42. The Balaban J connectivity index is 1.49. The lowest BCUT2D eigenvalue weighted by molar-refractivity contribution is 0.0240. The van der Waals surface area contributed by atoms with Gasteiger partial charge in [0.05, 0.1) is 5.39 Å². The van der Waals surface area contributed by atoms with Gasteiger partial charge in [0.1, 0.15) is 23.4 Å². The maximum atomic E-state index is 12.5. The molecule has 1 amide bonds. The summed E-state index contributed by atoms with van der Waals surface area (Å²) in [5.74, 6) is 1.47. The number of hydrogen-bond donors (Lipinski definition) is 0. The summed E-state index contributed by atoms with van der Waals surface area (Å²) >= 11 is 6.32. The summed E-state index contributed by atoms with van der Waals surface area (Å²) in [6.45, 7) is 8.31. The Morgan fingerprint density at radius 3 is 2.50 bits per heavy atom. The van der Waals surface area contributed by atoms with Crippen molar-refractivity contribution >= 4 is 34.5 Å². The number of carbonyl (C=O) groups is 1. The molecule has 2 aliphatic rings. The lowest BCUT2D eigenvalue weighted by Crippen LogP contribution is -2.50. The molecule has 8 heteroatoms. The molecule has 1 aromatic carbocycles. The highest BCUT2D eigenvalue weighted by molar-refractivity contribution is 6.30. The van der Waals surface area contributed by atoms with E-state index in [9.17, 15) is 4.79 Å². The molecule has 1 saturated carbocycles. The number of rotatable bonds is 3. The highest BCUT2D eigenvalue weighted by Gasteiger charge is 2.30. The SMILES string of the molecule is CC(C)(C)OC(=O)N1CCN(c2ncnc3c2c(C2CCCC2)cn3-c2cccc(Cl)c2)CC1. The molecule has 0 N–H and O–H groups in total. The minimum Gasteiger partial charge on any atom is -0.444 e. The van der Waals surface area contributed by atoms with Crippen LogP contribution in [0.2, 0.25) is 5.02 Å². The molecule has 0 spiro atoms. The summed E-state index contributed by atoms with van der Waals surface area (Å²) in [6, 6.07) is 7.89. The van der Waals surface area contributed by atoms with E-state index in [-0.39, 0.29) is 6.09 Å². The van der Waals surface area contributed by atoms with Crippen LogP contribution >= 0.6 is 11.6 Å². The van der Waals surface area contributed by atoms with Crippen molar-refractivity contribution < 1.29 is 9.53 Å². The molecule has 1 aliphatic carbocycles. The molecule has 2 fully saturated rings. The van der Waals surface area contributed by atoms with E-state index < -0.39 is 5.60 Å². The number of halogens is 1. The van der Waals surface area contributed by atoms with Gasteiger partial charge in [0, 0.05) is 43.1 Å². The van der Waals surface area contributed by atoms with Crippen LogP contribution < -0.4 is 4.90 Å². The minimum atomic E-state index is -0.494. The van der Waals surface area contributed by atoms with E-state index in [1.807, 2.05) is 39.0 Å². The summed E-state index contributed by atoms with van der Waals surface area (Å²) in [4.78, 5) is 26.1. The van der Waals surface area contributed by atoms with Crippen LogP contribution in [-0.2, 0) is 4.74 Å². The maximum Gasteiger partial charge on any atom is 0.410 e. The third-order valence-corrected chi connectivity index (χ3v) is 6.94. The highest BCUT2D eigenvalue weighted by atomic mass is 35.5. The fourth-order valence-electron chi connectivity index (χ4n) is 5.11. The third-order valence-electron chi connectivity index (χ3n) is 6.70. The van der Waals surface area contributed by atoms with Crippen LogP contribution in [0.25, 0.3) is 16.7 Å². The van der Waals surface area contributed by atoms with E-state index in [1.54, 1.807) is 11.2 Å². The van der Waals surface area contributed by atoms with Gasteiger partial charge in [-0.3, -0.25) is 0 Å². The molecule has 180 valence electrons. The van der Waals surface area contributed by atoms with Gasteiger partial charge in [-0.05, 0) is 63.3 Å². The molecular weight excluding hydrogens is 450 g/mol. The number of amides is 1. The Bertz CT molecular complexity index is 1190. The van der Waals surface area contributed by atoms with Crippen molar-refractivity contribution in [2.24, 2.45) is 0 Å². The molecule has 1 saturated heterocycles. The van der Waals surface area contributed by atoms with Gasteiger partial charge in [-0.15, -0.1) is 0 Å². The zero-order chi connectivity index (χ0) is 23.9. The molecule has 0 atom stereocenters. The topological polar surface area (TPSA) is 63.5 Å². The second kappa shape index (κ2) is 9.10. The molecule has 2 aromatic heterocycles. The minimum absolute atomic E-state index is 0.251. The van der Waals surface area contributed by atoms with Crippen molar-refractivity contribution in [2.75, 3.05) is 31.1 Å². The summed E-state index contributed by atoms with van der Waals surface area (Å²) < 4.78 is 7.72. The number of aromatic nitrogens is 3. The molecular formula is C26H32ClN5O2. The number of nitrogens with zero attached hydrogens (tertiary/aromatic N) is 5. The van der Waals surface area contributed by atoms with Crippen molar-refractivity contribution in [1.29, 1.82) is 0 Å². The average molecular weight is 482 g/mol. The standard InChI is InChI=1S/C26H32ClN5O2/c1-26(2,3)34-25(33)31-13-11-30(12-14-31)23-22-21(18-7-4-5-8-18)16-32(24(22)29-17-28-23)20-10-6-9-19(27)15-20/h6,9-10,15-18H,4-5,7-8,11-14H2,1-3H3. The van der Waals surface area contributed by atoms with E-state index in [2.05, 4.69) is 21.7 Å². The Labute approximate surface area is 205 Å². The lowest BCUT2D eigenvalue weighted by Gasteiger charge is -2.36. The van der Waals surface area contributed by atoms with Crippen LogP contribution in [0.5, 0.6) is 0 Å². The van der Waals surface area contributed by atoms with Crippen molar-refractivity contribution in [1.82, 2.24) is 19.4 Å². The van der Waals surface area contributed by atoms with Crippen molar-refractivity contribution in [3.8, 4) is 5.69 Å². The Morgan fingerprint density at radius 1 is 1.09 bits per heavy atom. The van der Waals surface area contributed by atoms with Crippen molar-refractivity contribution in [2.45, 2.75) is 58.0 Å². The first-order valence-corrected chi connectivity index (χ1v) is 12.5. The van der Waals surface area contributed by atoms with Crippen LogP contribution in [0.4, 0.5) is 10.6 Å². The first-order valence-electron chi connectivity index (χ1n) is 12.1. The van der Waals surface area contributed by atoms with Gasteiger partial charge in [0.25, 0.3) is 0 Å². The molecule has 0 radical (unpaired) electrons. The number of ether oxygens (including phenoxy) is 1. The number of benzene rings is 1. The van der Waals surface area contributed by atoms with E-state index in [0.717, 1.165) is 22.5 Å². The molecule has 7 nitrogen and oxygen atoms in total. The number of fused-ring (bicyclic) bond motifs is 1. The maximum absolute atomic E-state index is 12.5. The summed E-state index contributed by atoms with van der Waals surface area (Å²) in [5, 5.41) is 1.83. The average Bonchev–Trinajstić information content (AvgIpc) is 3.46. The molecule has 3 aromatic rings. The first-order chi connectivity index (χ1) is 16.3. The van der Waals surface area contributed by atoms with Crippen LogP contribution in [0.1, 0.15) is 57.9 Å². The number of anilines is 1. The first kappa shape index (κ1) is 23.0. The quantitative estimate of drug-likeness (QED) is 0.473. The van der Waals surface area contributed by atoms with Crippen LogP contribution in [0.3, 0.4) is 0 Å². The van der Waals surface area contributed by atoms with Gasteiger partial charge >= 0.3 is 6.09 Å². The zero-order valence-electron chi connectivity index (χ0n) is 20.1. The number of hydrogen-bond acceptors (Lipinski definition) is 5. The normalized spacial score (nSPS) is 17.5. The van der Waals surface area contributed by atoms with Crippen LogP contribution in [0.15, 0.2) is 36.8 Å². The van der Waals surface area contributed by atoms with Crippen molar-refractivity contribution in [3.63, 3.8) is 0 Å². The molecule has 34 heavy (non-hydrogen) atoms. The van der Waals surface area contributed by atoms with Gasteiger partial charge in [-0.2, -0.15) is 0 Å². The summed E-state index contributed by atoms with van der Waals surface area (Å²) in [6.07, 6.45) is 8.53. The van der Waals surface area contributed by atoms with E-state index in [4.69, 9.17) is 26.3 Å². The van der Waals surface area contributed by atoms with Gasteiger partial charge in [0.15, 0.2) is 0 Å². The molecule has 1 aliphatic heterocycles. The predicted molar refractivity (Wildman–Crippen MR) is 135 cm³/mol. The zero-order valence-corrected chi connectivity index (χ0v) is 20.9. The monoisotopic (exact) mass is 481 g/mol. The van der Waals surface area contributed by atoms with Gasteiger partial charge in [-0.25, -0.2) is 14.8 Å². The number of piperazine rings is 1.